The monoisotopic (exact) mass is 214 g/mol. The van der Waals surface area contributed by atoms with E-state index in [1.54, 1.807) is 0 Å². The molecule has 0 heterocycles. The van der Waals surface area contributed by atoms with Crippen LogP contribution in [0.2, 0.25) is 0 Å². The first-order valence-corrected chi connectivity index (χ1v) is 6.22. The maximum absolute atomic E-state index is 10.1. The van der Waals surface area contributed by atoms with Gasteiger partial charge >= 0.3 is 0 Å². The highest BCUT2D eigenvalue weighted by molar-refractivity contribution is 4.98. The summed E-state index contributed by atoms with van der Waals surface area (Å²) >= 11 is 0. The number of nitrogens with two attached hydrogens (primary N) is 2. The van der Waals surface area contributed by atoms with E-state index in [1.165, 1.54) is 0 Å². The Hall–Kier alpha value is -0.120. The van der Waals surface area contributed by atoms with Gasteiger partial charge in [0.25, 0.3) is 0 Å². The van der Waals surface area contributed by atoms with E-state index in [2.05, 4.69) is 20.8 Å². The third-order valence-electron chi connectivity index (χ3n) is 4.15. The topological polar surface area (TPSA) is 72.3 Å². The lowest BCUT2D eigenvalue weighted by atomic mass is 9.81. The third-order valence-corrected chi connectivity index (χ3v) is 4.15. The van der Waals surface area contributed by atoms with Crippen molar-refractivity contribution in [3.05, 3.63) is 0 Å². The highest BCUT2D eigenvalue weighted by Gasteiger charge is 2.42. The van der Waals surface area contributed by atoms with Gasteiger partial charge in [-0.1, -0.05) is 33.6 Å². The minimum atomic E-state index is -0.310. The Kier molecular flexibility index (Phi) is 4.56. The summed E-state index contributed by atoms with van der Waals surface area (Å²) in [6, 6.07) is 0.126. The second-order valence-electron chi connectivity index (χ2n) is 5.10. The molecule has 0 amide bonds. The van der Waals surface area contributed by atoms with Crippen molar-refractivity contribution in [1.29, 1.82) is 0 Å². The van der Waals surface area contributed by atoms with Gasteiger partial charge in [0.15, 0.2) is 0 Å². The second-order valence-corrected chi connectivity index (χ2v) is 5.10. The minimum absolute atomic E-state index is 0.0509. The highest BCUT2D eigenvalue weighted by Crippen LogP contribution is 2.35. The fourth-order valence-corrected chi connectivity index (χ4v) is 3.02. The van der Waals surface area contributed by atoms with Gasteiger partial charge in [0.2, 0.25) is 0 Å². The lowest BCUT2D eigenvalue weighted by Crippen LogP contribution is -2.48. The van der Waals surface area contributed by atoms with Crippen molar-refractivity contribution in [1.82, 2.24) is 0 Å². The van der Waals surface area contributed by atoms with Crippen LogP contribution in [-0.4, -0.2) is 23.3 Å². The molecule has 0 spiro atoms. The molecule has 0 bridgehead atoms. The molecule has 0 aliphatic heterocycles. The van der Waals surface area contributed by atoms with Gasteiger partial charge in [-0.3, -0.25) is 0 Å². The van der Waals surface area contributed by atoms with E-state index in [0.29, 0.717) is 11.8 Å². The molecule has 90 valence electrons. The Morgan fingerprint density at radius 3 is 2.20 bits per heavy atom. The molecule has 1 saturated carbocycles. The molecular weight excluding hydrogens is 188 g/mol. The van der Waals surface area contributed by atoms with E-state index in [0.717, 1.165) is 19.3 Å². The predicted octanol–water partition coefficient (Wildman–Crippen LogP) is 1.09. The van der Waals surface area contributed by atoms with E-state index in [4.69, 9.17) is 11.5 Å². The quantitative estimate of drug-likeness (QED) is 0.656. The molecular formula is C12H26N2O. The third kappa shape index (κ3) is 2.52. The summed E-state index contributed by atoms with van der Waals surface area (Å²) in [7, 11) is 0. The molecule has 0 aromatic heterocycles. The van der Waals surface area contributed by atoms with Crippen LogP contribution in [0.3, 0.4) is 0 Å². The first kappa shape index (κ1) is 12.9. The van der Waals surface area contributed by atoms with Crippen LogP contribution in [-0.2, 0) is 0 Å². The molecule has 3 heteroatoms. The van der Waals surface area contributed by atoms with Crippen molar-refractivity contribution in [2.45, 2.75) is 58.2 Å². The lowest BCUT2D eigenvalue weighted by molar-refractivity contribution is 0.0698. The molecule has 5 N–H and O–H groups in total. The molecule has 1 rings (SSSR count). The van der Waals surface area contributed by atoms with Crippen molar-refractivity contribution in [3.63, 3.8) is 0 Å². The SMILES string of the molecule is CCC(CC)C(N)C1C(N)CC(C)C1O. The molecule has 1 aliphatic carbocycles. The zero-order chi connectivity index (χ0) is 11.6. The van der Waals surface area contributed by atoms with Crippen LogP contribution in [0.4, 0.5) is 0 Å². The van der Waals surface area contributed by atoms with Gasteiger partial charge in [0.05, 0.1) is 6.10 Å². The number of aliphatic hydroxyl groups excluding tert-OH is 1. The normalized spacial score (nSPS) is 38.6. The van der Waals surface area contributed by atoms with E-state index < -0.39 is 0 Å². The summed E-state index contributed by atoms with van der Waals surface area (Å²) in [6.07, 6.45) is 2.74. The molecule has 1 fully saturated rings. The number of rotatable bonds is 4. The highest BCUT2D eigenvalue weighted by atomic mass is 16.3. The molecule has 0 aromatic rings. The maximum Gasteiger partial charge on any atom is 0.0624 e. The summed E-state index contributed by atoms with van der Waals surface area (Å²) < 4.78 is 0. The number of aliphatic hydroxyl groups is 1. The lowest BCUT2D eigenvalue weighted by Gasteiger charge is -2.32. The van der Waals surface area contributed by atoms with Gasteiger partial charge in [-0.15, -0.1) is 0 Å². The molecule has 0 saturated heterocycles. The Labute approximate surface area is 93.2 Å². The van der Waals surface area contributed by atoms with E-state index >= 15 is 0 Å². The van der Waals surface area contributed by atoms with Crippen molar-refractivity contribution in [2.75, 3.05) is 0 Å². The Morgan fingerprint density at radius 2 is 1.87 bits per heavy atom. The van der Waals surface area contributed by atoms with E-state index in [1.807, 2.05) is 0 Å². The van der Waals surface area contributed by atoms with Crippen LogP contribution in [0.5, 0.6) is 0 Å². The maximum atomic E-state index is 10.1. The van der Waals surface area contributed by atoms with Gasteiger partial charge < -0.3 is 16.6 Å². The average molecular weight is 214 g/mol. The van der Waals surface area contributed by atoms with Gasteiger partial charge in [-0.05, 0) is 18.3 Å². The van der Waals surface area contributed by atoms with Gasteiger partial charge in [-0.25, -0.2) is 0 Å². The van der Waals surface area contributed by atoms with Crippen LogP contribution in [0, 0.1) is 17.8 Å². The zero-order valence-electron chi connectivity index (χ0n) is 10.2. The molecule has 1 aliphatic rings. The molecule has 0 radical (unpaired) electrons. The van der Waals surface area contributed by atoms with Crippen molar-refractivity contribution in [2.24, 2.45) is 29.2 Å². The largest absolute Gasteiger partial charge is 0.392 e. The minimum Gasteiger partial charge on any atom is -0.392 e. The standard InChI is InChI=1S/C12H26N2O/c1-4-8(5-2)11(14)10-9(13)6-7(3)12(10)15/h7-12,15H,4-6,13-14H2,1-3H3. The predicted molar refractivity (Wildman–Crippen MR) is 63.3 cm³/mol. The Morgan fingerprint density at radius 1 is 1.33 bits per heavy atom. The summed E-state index contributed by atoms with van der Waals surface area (Å²) in [5.74, 6) is 0.872. The molecule has 0 aromatic carbocycles. The van der Waals surface area contributed by atoms with Gasteiger partial charge in [-0.2, -0.15) is 0 Å². The molecule has 3 nitrogen and oxygen atoms in total. The fourth-order valence-electron chi connectivity index (χ4n) is 3.02. The first-order valence-electron chi connectivity index (χ1n) is 6.22. The zero-order valence-corrected chi connectivity index (χ0v) is 10.2. The molecule has 15 heavy (non-hydrogen) atoms. The summed E-state index contributed by atoms with van der Waals surface area (Å²) in [4.78, 5) is 0. The second kappa shape index (κ2) is 5.28. The molecule has 5 unspecified atom stereocenters. The van der Waals surface area contributed by atoms with Crippen LogP contribution >= 0.6 is 0 Å². The van der Waals surface area contributed by atoms with Crippen LogP contribution in [0.25, 0.3) is 0 Å². The van der Waals surface area contributed by atoms with Crippen LogP contribution in [0.15, 0.2) is 0 Å². The number of hydrogen-bond donors (Lipinski definition) is 3. The summed E-state index contributed by atoms with van der Waals surface area (Å²) in [5.41, 5.74) is 12.3. The van der Waals surface area contributed by atoms with Crippen LogP contribution in [0.1, 0.15) is 40.0 Å². The van der Waals surface area contributed by atoms with Crippen molar-refractivity contribution < 1.29 is 5.11 Å². The van der Waals surface area contributed by atoms with Crippen molar-refractivity contribution in [3.8, 4) is 0 Å². The van der Waals surface area contributed by atoms with Gasteiger partial charge in [0, 0.05) is 18.0 Å². The van der Waals surface area contributed by atoms with E-state index in [-0.39, 0.29) is 24.1 Å². The Balaban J connectivity index is 2.69. The average Bonchev–Trinajstić information content (AvgIpc) is 2.43. The smallest absolute Gasteiger partial charge is 0.0624 e. The van der Waals surface area contributed by atoms with E-state index in [9.17, 15) is 5.11 Å². The summed E-state index contributed by atoms with van der Waals surface area (Å²) in [6.45, 7) is 6.37. The first-order chi connectivity index (χ1) is 7.02. The molecule has 5 atom stereocenters. The number of hydrogen-bond acceptors (Lipinski definition) is 3. The summed E-state index contributed by atoms with van der Waals surface area (Å²) in [5, 5.41) is 10.1. The van der Waals surface area contributed by atoms with Crippen molar-refractivity contribution >= 4 is 0 Å². The van der Waals surface area contributed by atoms with Crippen LogP contribution < -0.4 is 11.5 Å². The fraction of sp³-hybridized carbons (Fsp3) is 1.00. The Bertz CT molecular complexity index is 194. The van der Waals surface area contributed by atoms with Gasteiger partial charge in [0.1, 0.15) is 0 Å².